The first-order valence-corrected chi connectivity index (χ1v) is 9.00. The number of carbonyl (C=O) groups is 2. The van der Waals surface area contributed by atoms with E-state index in [0.717, 1.165) is 17.4 Å². The number of H-pyrrole nitrogens is 1. The summed E-state index contributed by atoms with van der Waals surface area (Å²) in [6.07, 6.45) is 1.13. The zero-order chi connectivity index (χ0) is 15.7. The summed E-state index contributed by atoms with van der Waals surface area (Å²) in [5.74, 6) is 0.386. The van der Waals surface area contributed by atoms with Gasteiger partial charge in [-0.15, -0.1) is 0 Å². The Morgan fingerprint density at radius 1 is 1.43 bits per heavy atom. The lowest BCUT2D eigenvalue weighted by Gasteiger charge is -2.18. The minimum atomic E-state index is -0.0589. The maximum absolute atomic E-state index is 11.8. The van der Waals surface area contributed by atoms with Crippen molar-refractivity contribution < 1.29 is 9.59 Å². The zero-order valence-electron chi connectivity index (χ0n) is 12.2. The second kappa shape index (κ2) is 9.91. The predicted molar refractivity (Wildman–Crippen MR) is 88.2 cm³/mol. The van der Waals surface area contributed by atoms with Crippen LogP contribution in [-0.2, 0) is 9.59 Å². The van der Waals surface area contributed by atoms with Crippen LogP contribution >= 0.6 is 35.3 Å². The standard InChI is InChI=1S/C12H20N4O2S3/c1-3-16(4-2)10(18)6-5-7-13-9(17)8-20-12-15-14-11(19)21-12/h3-8H2,1-2H3,(H,13,17)(H,14,19). The molecule has 21 heavy (non-hydrogen) atoms. The Bertz CT molecular complexity index is 511. The Hall–Kier alpha value is -0.930. The molecule has 1 rings (SSSR count). The van der Waals surface area contributed by atoms with Crippen molar-refractivity contribution in [2.45, 2.75) is 31.0 Å². The quantitative estimate of drug-likeness (QED) is 0.406. The van der Waals surface area contributed by atoms with Crippen molar-refractivity contribution in [1.29, 1.82) is 0 Å². The third kappa shape index (κ3) is 7.05. The molecule has 0 bridgehead atoms. The third-order valence-electron chi connectivity index (χ3n) is 2.75. The van der Waals surface area contributed by atoms with Gasteiger partial charge in [-0.25, -0.2) is 0 Å². The van der Waals surface area contributed by atoms with E-state index in [4.69, 9.17) is 12.2 Å². The summed E-state index contributed by atoms with van der Waals surface area (Å²) in [4.78, 5) is 25.2. The molecule has 0 atom stereocenters. The Morgan fingerprint density at radius 3 is 2.71 bits per heavy atom. The van der Waals surface area contributed by atoms with Gasteiger partial charge in [-0.2, -0.15) is 5.10 Å². The average Bonchev–Trinajstić information content (AvgIpc) is 2.88. The number of carbonyl (C=O) groups excluding carboxylic acids is 2. The van der Waals surface area contributed by atoms with Crippen molar-refractivity contribution in [1.82, 2.24) is 20.4 Å². The van der Waals surface area contributed by atoms with Crippen LogP contribution in [0.5, 0.6) is 0 Å². The number of hydrogen-bond donors (Lipinski definition) is 2. The van der Waals surface area contributed by atoms with Crippen LogP contribution in [0, 0.1) is 3.95 Å². The van der Waals surface area contributed by atoms with Crippen molar-refractivity contribution in [3.8, 4) is 0 Å². The number of nitrogens with zero attached hydrogens (tertiary/aromatic N) is 2. The van der Waals surface area contributed by atoms with E-state index in [0.29, 0.717) is 29.1 Å². The van der Waals surface area contributed by atoms with E-state index in [9.17, 15) is 9.59 Å². The number of hydrogen-bond acceptors (Lipinski definition) is 6. The Labute approximate surface area is 137 Å². The Morgan fingerprint density at radius 2 is 2.14 bits per heavy atom. The van der Waals surface area contributed by atoms with Gasteiger partial charge < -0.3 is 10.2 Å². The summed E-state index contributed by atoms with van der Waals surface area (Å²) in [6.45, 7) is 5.90. The van der Waals surface area contributed by atoms with Crippen LogP contribution in [0.15, 0.2) is 4.34 Å². The molecule has 9 heteroatoms. The molecule has 6 nitrogen and oxygen atoms in total. The fourth-order valence-corrected chi connectivity index (χ4v) is 3.57. The van der Waals surface area contributed by atoms with Crippen LogP contribution in [0.2, 0.25) is 0 Å². The van der Waals surface area contributed by atoms with Gasteiger partial charge in [-0.05, 0) is 32.5 Å². The van der Waals surface area contributed by atoms with Crippen molar-refractivity contribution in [3.63, 3.8) is 0 Å². The van der Waals surface area contributed by atoms with Gasteiger partial charge in [0.15, 0.2) is 8.29 Å². The summed E-state index contributed by atoms with van der Waals surface area (Å²) in [7, 11) is 0. The normalized spacial score (nSPS) is 10.4. The van der Waals surface area contributed by atoms with E-state index in [1.54, 1.807) is 4.90 Å². The second-order valence-electron chi connectivity index (χ2n) is 4.19. The third-order valence-corrected chi connectivity index (χ3v) is 4.98. The molecule has 0 radical (unpaired) electrons. The number of thioether (sulfide) groups is 1. The highest BCUT2D eigenvalue weighted by molar-refractivity contribution is 8.01. The van der Waals surface area contributed by atoms with Gasteiger partial charge >= 0.3 is 0 Å². The predicted octanol–water partition coefficient (Wildman–Crippen LogP) is 2.06. The minimum absolute atomic E-state index is 0.0589. The number of nitrogens with one attached hydrogen (secondary N) is 2. The molecule has 0 saturated heterocycles. The van der Waals surface area contributed by atoms with E-state index in [-0.39, 0.29) is 11.8 Å². The number of rotatable bonds is 9. The molecular weight excluding hydrogens is 328 g/mol. The van der Waals surface area contributed by atoms with Gasteiger partial charge in [-0.1, -0.05) is 23.1 Å². The van der Waals surface area contributed by atoms with Crippen LogP contribution in [-0.4, -0.2) is 52.3 Å². The summed E-state index contributed by atoms with van der Waals surface area (Å²) in [5.41, 5.74) is 0. The molecule has 0 fully saturated rings. The molecule has 2 N–H and O–H groups in total. The molecule has 0 saturated carbocycles. The molecule has 0 aromatic carbocycles. The van der Waals surface area contributed by atoms with Crippen LogP contribution in [0.25, 0.3) is 0 Å². The molecule has 2 amide bonds. The van der Waals surface area contributed by atoms with E-state index < -0.39 is 0 Å². The first-order valence-electron chi connectivity index (χ1n) is 6.79. The molecule has 1 heterocycles. The number of amides is 2. The van der Waals surface area contributed by atoms with Crippen LogP contribution in [0.1, 0.15) is 26.7 Å². The first-order chi connectivity index (χ1) is 10.1. The number of aromatic amines is 1. The fourth-order valence-electron chi connectivity index (χ4n) is 1.66. The minimum Gasteiger partial charge on any atom is -0.355 e. The highest BCUT2D eigenvalue weighted by Gasteiger charge is 2.09. The lowest BCUT2D eigenvalue weighted by atomic mass is 10.2. The van der Waals surface area contributed by atoms with Gasteiger partial charge in [-0.3, -0.25) is 14.7 Å². The van der Waals surface area contributed by atoms with Crippen molar-refractivity contribution in [3.05, 3.63) is 3.95 Å². The highest BCUT2D eigenvalue weighted by atomic mass is 32.2. The Kier molecular flexibility index (Phi) is 8.55. The van der Waals surface area contributed by atoms with Gasteiger partial charge in [0, 0.05) is 26.1 Å². The molecule has 0 aliphatic carbocycles. The fraction of sp³-hybridized carbons (Fsp3) is 0.667. The van der Waals surface area contributed by atoms with E-state index >= 15 is 0 Å². The second-order valence-corrected chi connectivity index (χ2v) is 7.08. The topological polar surface area (TPSA) is 78.1 Å². The molecule has 0 aliphatic heterocycles. The lowest BCUT2D eigenvalue weighted by molar-refractivity contribution is -0.131. The van der Waals surface area contributed by atoms with Crippen LogP contribution < -0.4 is 5.32 Å². The molecule has 0 aliphatic rings. The summed E-state index contributed by atoms with van der Waals surface area (Å²) >= 11 is 7.61. The molecule has 0 spiro atoms. The van der Waals surface area contributed by atoms with Crippen molar-refractivity contribution in [2.24, 2.45) is 0 Å². The van der Waals surface area contributed by atoms with Crippen molar-refractivity contribution >= 4 is 47.1 Å². The summed E-state index contributed by atoms with van der Waals surface area (Å²) < 4.78 is 1.36. The molecule has 118 valence electrons. The highest BCUT2D eigenvalue weighted by Crippen LogP contribution is 2.19. The van der Waals surface area contributed by atoms with E-state index in [1.165, 1.54) is 23.1 Å². The van der Waals surface area contributed by atoms with Gasteiger partial charge in [0.2, 0.25) is 11.8 Å². The molecule has 0 unspecified atom stereocenters. The molecule has 1 aromatic heterocycles. The molecular formula is C12H20N4O2S3. The maximum atomic E-state index is 11.8. The largest absolute Gasteiger partial charge is 0.355 e. The maximum Gasteiger partial charge on any atom is 0.230 e. The van der Waals surface area contributed by atoms with Crippen LogP contribution in [0.3, 0.4) is 0 Å². The van der Waals surface area contributed by atoms with Gasteiger partial charge in [0.1, 0.15) is 0 Å². The van der Waals surface area contributed by atoms with Crippen LogP contribution in [0.4, 0.5) is 0 Å². The van der Waals surface area contributed by atoms with Gasteiger partial charge in [0.25, 0.3) is 0 Å². The first kappa shape index (κ1) is 18.1. The zero-order valence-corrected chi connectivity index (χ0v) is 14.6. The van der Waals surface area contributed by atoms with E-state index in [1.807, 2.05) is 13.8 Å². The Balaban J connectivity index is 2.13. The van der Waals surface area contributed by atoms with Crippen molar-refractivity contribution in [2.75, 3.05) is 25.4 Å². The SMILES string of the molecule is CCN(CC)C(=O)CCCNC(=O)CSc1n[nH]c(=S)s1. The smallest absolute Gasteiger partial charge is 0.230 e. The lowest BCUT2D eigenvalue weighted by Crippen LogP contribution is -2.32. The van der Waals surface area contributed by atoms with E-state index in [2.05, 4.69) is 15.5 Å². The summed E-state index contributed by atoms with van der Waals surface area (Å²) in [5, 5.41) is 9.44. The molecule has 1 aromatic rings. The average molecular weight is 349 g/mol. The van der Waals surface area contributed by atoms with Gasteiger partial charge in [0.05, 0.1) is 5.75 Å². The summed E-state index contributed by atoms with van der Waals surface area (Å²) in [6, 6.07) is 0. The monoisotopic (exact) mass is 348 g/mol. The number of aromatic nitrogens is 2.